The number of nitrogens with one attached hydrogen (secondary N) is 2. The summed E-state index contributed by atoms with van der Waals surface area (Å²) >= 11 is 0. The van der Waals surface area contributed by atoms with Gasteiger partial charge in [0.25, 0.3) is 10.0 Å². The van der Waals surface area contributed by atoms with Crippen LogP contribution in [-0.4, -0.2) is 19.6 Å². The second-order valence-corrected chi connectivity index (χ2v) is 8.99. The van der Waals surface area contributed by atoms with Crippen molar-refractivity contribution >= 4 is 32.4 Å². The van der Waals surface area contributed by atoms with Crippen LogP contribution in [0.1, 0.15) is 43.6 Å². The zero-order chi connectivity index (χ0) is 20.6. The Bertz CT molecular complexity index is 1190. The molecule has 2 aromatic heterocycles. The van der Waals surface area contributed by atoms with Gasteiger partial charge in [0, 0.05) is 11.4 Å². The molecule has 154 valence electrons. The summed E-state index contributed by atoms with van der Waals surface area (Å²) in [6.07, 6.45) is 5.30. The maximum atomic E-state index is 13.0. The van der Waals surface area contributed by atoms with Crippen LogP contribution in [-0.2, 0) is 10.0 Å². The highest BCUT2D eigenvalue weighted by Crippen LogP contribution is 2.33. The predicted octanol–water partition coefficient (Wildman–Crippen LogP) is 3.94. The summed E-state index contributed by atoms with van der Waals surface area (Å²) < 4.78 is 38.8. The summed E-state index contributed by atoms with van der Waals surface area (Å²) in [6.45, 7) is 3.05. The number of rotatable bonds is 5. The molecule has 2 N–H and O–H groups in total. The highest BCUT2D eigenvalue weighted by Gasteiger charge is 2.28. The third kappa shape index (κ3) is 3.74. The number of sulfonamides is 1. The van der Waals surface area contributed by atoms with Crippen LogP contribution in [0.3, 0.4) is 0 Å². The molecule has 0 amide bonds. The van der Waals surface area contributed by atoms with Gasteiger partial charge in [0.05, 0.1) is 5.69 Å². The molecule has 9 heteroatoms. The molecule has 1 aliphatic carbocycles. The van der Waals surface area contributed by atoms with Crippen LogP contribution >= 0.6 is 0 Å². The van der Waals surface area contributed by atoms with E-state index in [0.29, 0.717) is 16.7 Å². The van der Waals surface area contributed by atoms with Gasteiger partial charge in [0.15, 0.2) is 16.3 Å². The number of anilines is 2. The van der Waals surface area contributed by atoms with E-state index in [1.54, 1.807) is 18.2 Å². The quantitative estimate of drug-likeness (QED) is 0.604. The van der Waals surface area contributed by atoms with E-state index in [2.05, 4.69) is 15.2 Å². The predicted molar refractivity (Wildman–Crippen MR) is 110 cm³/mol. The third-order valence-electron chi connectivity index (χ3n) is 5.24. The fourth-order valence-electron chi connectivity index (χ4n) is 3.89. The molecule has 1 aromatic carbocycles. The average Bonchev–Trinajstić information content (AvgIpc) is 3.04. The summed E-state index contributed by atoms with van der Waals surface area (Å²) in [7, 11) is -4.09. The smallest absolute Gasteiger partial charge is 0.363 e. The van der Waals surface area contributed by atoms with Crippen LogP contribution in [0.4, 0.5) is 11.4 Å². The van der Waals surface area contributed by atoms with Gasteiger partial charge < -0.3 is 14.3 Å². The molecular formula is C20H23N3O5S. The van der Waals surface area contributed by atoms with E-state index in [4.69, 9.17) is 8.94 Å². The van der Waals surface area contributed by atoms with Gasteiger partial charge in [-0.3, -0.25) is 4.72 Å². The molecule has 29 heavy (non-hydrogen) atoms. The van der Waals surface area contributed by atoms with Gasteiger partial charge in [-0.1, -0.05) is 36.6 Å². The Kier molecular flexibility index (Phi) is 5.08. The van der Waals surface area contributed by atoms with Crippen LogP contribution in [0.5, 0.6) is 0 Å². The fourth-order valence-corrected chi connectivity index (χ4v) is 5.29. The number of fused-ring (bicyclic) bond motifs is 1. The summed E-state index contributed by atoms with van der Waals surface area (Å²) in [4.78, 5) is 12.7. The number of aromatic nitrogens is 1. The molecule has 2 heterocycles. The van der Waals surface area contributed by atoms with Gasteiger partial charge in [0.1, 0.15) is 11.3 Å². The lowest BCUT2D eigenvalue weighted by Gasteiger charge is -2.25. The van der Waals surface area contributed by atoms with Crippen molar-refractivity contribution < 1.29 is 17.4 Å². The first kappa shape index (κ1) is 19.5. The molecule has 3 aromatic rings. The van der Waals surface area contributed by atoms with Gasteiger partial charge in [-0.25, -0.2) is 13.2 Å². The Morgan fingerprint density at radius 3 is 2.48 bits per heavy atom. The van der Waals surface area contributed by atoms with Gasteiger partial charge in [-0.15, -0.1) is 0 Å². The molecule has 0 aliphatic heterocycles. The maximum Gasteiger partial charge on any atom is 0.363 e. The molecule has 0 unspecified atom stereocenters. The van der Waals surface area contributed by atoms with E-state index in [9.17, 15) is 13.2 Å². The first-order chi connectivity index (χ1) is 13.9. The maximum absolute atomic E-state index is 13.0. The number of nitrogens with zero attached hydrogens (tertiary/aromatic N) is 1. The minimum atomic E-state index is -4.09. The Balaban J connectivity index is 1.83. The molecule has 0 radical (unpaired) electrons. The molecule has 8 nitrogen and oxygen atoms in total. The van der Waals surface area contributed by atoms with Crippen molar-refractivity contribution in [2.45, 2.75) is 56.9 Å². The van der Waals surface area contributed by atoms with Crippen LogP contribution in [0.25, 0.3) is 11.0 Å². The van der Waals surface area contributed by atoms with Gasteiger partial charge in [-0.2, -0.15) is 0 Å². The van der Waals surface area contributed by atoms with Crippen molar-refractivity contribution in [1.29, 1.82) is 0 Å². The molecule has 1 saturated carbocycles. The first-order valence-electron chi connectivity index (χ1n) is 9.65. The first-order valence-corrected chi connectivity index (χ1v) is 11.1. The molecule has 1 fully saturated rings. The van der Waals surface area contributed by atoms with Crippen LogP contribution in [0, 0.1) is 13.8 Å². The summed E-state index contributed by atoms with van der Waals surface area (Å²) in [6, 6.07) is 7.24. The lowest BCUT2D eigenvalue weighted by Crippen LogP contribution is -2.26. The third-order valence-corrected chi connectivity index (χ3v) is 6.83. The lowest BCUT2D eigenvalue weighted by atomic mass is 9.95. The number of aryl methyl sites for hydroxylation is 2. The lowest BCUT2D eigenvalue weighted by molar-refractivity contribution is 0.390. The van der Waals surface area contributed by atoms with Crippen LogP contribution in [0.2, 0.25) is 0 Å². The summed E-state index contributed by atoms with van der Waals surface area (Å²) in [5.74, 6) is 0.155. The normalized spacial score (nSPS) is 15.5. The Hall–Kier alpha value is -2.81. The highest BCUT2D eigenvalue weighted by molar-refractivity contribution is 7.92. The monoisotopic (exact) mass is 417 g/mol. The van der Waals surface area contributed by atoms with E-state index >= 15 is 0 Å². The average molecular weight is 417 g/mol. The van der Waals surface area contributed by atoms with E-state index in [-0.39, 0.29) is 28.1 Å². The van der Waals surface area contributed by atoms with Gasteiger partial charge in [0.2, 0.25) is 0 Å². The van der Waals surface area contributed by atoms with Crippen LogP contribution in [0.15, 0.2) is 42.9 Å². The second-order valence-electron chi connectivity index (χ2n) is 7.37. The Morgan fingerprint density at radius 2 is 1.79 bits per heavy atom. The molecule has 0 spiro atoms. The van der Waals surface area contributed by atoms with Gasteiger partial charge in [-0.05, 0) is 38.8 Å². The van der Waals surface area contributed by atoms with E-state index in [1.165, 1.54) is 20.3 Å². The number of hydrogen-bond donors (Lipinski definition) is 2. The molecular weight excluding hydrogens is 394 g/mol. The Labute approximate surface area is 168 Å². The zero-order valence-corrected chi connectivity index (χ0v) is 17.1. The van der Waals surface area contributed by atoms with E-state index in [0.717, 1.165) is 25.7 Å². The van der Waals surface area contributed by atoms with Crippen molar-refractivity contribution in [3.63, 3.8) is 0 Å². The molecule has 4 rings (SSSR count). The molecule has 0 saturated heterocycles. The zero-order valence-electron chi connectivity index (χ0n) is 16.3. The highest BCUT2D eigenvalue weighted by atomic mass is 32.2. The fraction of sp³-hybridized carbons (Fsp3) is 0.400. The molecule has 0 bridgehead atoms. The van der Waals surface area contributed by atoms with E-state index in [1.807, 2.05) is 6.07 Å². The molecule has 0 atom stereocenters. The van der Waals surface area contributed by atoms with Crippen molar-refractivity contribution in [1.82, 2.24) is 5.16 Å². The summed E-state index contributed by atoms with van der Waals surface area (Å²) in [5, 5.41) is 7.75. The summed E-state index contributed by atoms with van der Waals surface area (Å²) in [5.41, 5.74) is 0.184. The Morgan fingerprint density at radius 1 is 1.07 bits per heavy atom. The number of benzene rings is 1. The second kappa shape index (κ2) is 7.55. The minimum Gasteiger partial charge on any atom is -0.421 e. The van der Waals surface area contributed by atoms with Crippen molar-refractivity contribution in [2.75, 3.05) is 10.0 Å². The van der Waals surface area contributed by atoms with Crippen molar-refractivity contribution in [2.24, 2.45) is 0 Å². The van der Waals surface area contributed by atoms with Crippen LogP contribution < -0.4 is 15.7 Å². The minimum absolute atomic E-state index is 0.0753. The number of para-hydroxylation sites is 1. The SMILES string of the molecule is Cc1noc(C)c1S(=O)(=O)Nc1c(NC2CCCCC2)c2ccccc2oc1=O. The largest absolute Gasteiger partial charge is 0.421 e. The van der Waals surface area contributed by atoms with Crippen molar-refractivity contribution in [3.8, 4) is 0 Å². The van der Waals surface area contributed by atoms with Crippen molar-refractivity contribution in [3.05, 3.63) is 46.1 Å². The number of hydrogen-bond acceptors (Lipinski definition) is 7. The molecule has 1 aliphatic rings. The van der Waals surface area contributed by atoms with E-state index < -0.39 is 15.6 Å². The van der Waals surface area contributed by atoms with Gasteiger partial charge >= 0.3 is 5.63 Å². The standard InChI is InChI=1S/C20H23N3O5S/c1-12-19(13(2)28-22-12)29(25,26)23-18-17(21-14-8-4-3-5-9-14)15-10-6-7-11-16(15)27-20(18)24/h6-7,10-11,14,21,23H,3-5,8-9H2,1-2H3. The topological polar surface area (TPSA) is 114 Å².